The number of anilines is 1. The molecule has 5 rings (SSSR count). The number of rotatable bonds is 3. The van der Waals surface area contributed by atoms with E-state index in [1.807, 2.05) is 37.3 Å². The average Bonchev–Trinajstić information content (AvgIpc) is 3.25. The van der Waals surface area contributed by atoms with Gasteiger partial charge in [-0.05, 0) is 31.2 Å². The fraction of sp³-hybridized carbons (Fsp3) is 0.333. The van der Waals surface area contributed by atoms with Gasteiger partial charge in [0.1, 0.15) is 11.6 Å². The number of aromatic nitrogens is 6. The normalized spacial score (nSPS) is 16.0. The minimum atomic E-state index is 0.787. The number of para-hydroxylation sites is 2. The molecule has 1 aliphatic rings. The standard InChI is InChI=1S/C18H20N8/c1-13-21-22-17-6-7-18(23-26(13)17)25-10-8-24(9-11-25)12-16-19-14-4-2-3-5-15(14)20-16/h2-7H,8-12H2,1H3,(H,19,20). The minimum Gasteiger partial charge on any atom is -0.353 e. The summed E-state index contributed by atoms with van der Waals surface area (Å²) in [6.45, 7) is 6.62. The highest BCUT2D eigenvalue weighted by molar-refractivity contribution is 5.74. The van der Waals surface area contributed by atoms with Gasteiger partial charge >= 0.3 is 0 Å². The molecule has 1 saturated heterocycles. The summed E-state index contributed by atoms with van der Waals surface area (Å²) in [5.74, 6) is 2.81. The van der Waals surface area contributed by atoms with Gasteiger partial charge in [-0.1, -0.05) is 12.1 Å². The summed E-state index contributed by atoms with van der Waals surface area (Å²) in [6, 6.07) is 12.2. The topological polar surface area (TPSA) is 78.2 Å². The Morgan fingerprint density at radius 2 is 1.85 bits per heavy atom. The largest absolute Gasteiger partial charge is 0.353 e. The Balaban J connectivity index is 1.27. The SMILES string of the molecule is Cc1nnc2ccc(N3CCN(Cc4nc5ccccc5[nH]4)CC3)nn12. The van der Waals surface area contributed by atoms with Crippen molar-refractivity contribution in [3.63, 3.8) is 0 Å². The van der Waals surface area contributed by atoms with Crippen LogP contribution in [0.5, 0.6) is 0 Å². The molecule has 0 unspecified atom stereocenters. The molecule has 4 aromatic rings. The van der Waals surface area contributed by atoms with Gasteiger partial charge in [0.25, 0.3) is 0 Å². The van der Waals surface area contributed by atoms with E-state index in [2.05, 4.69) is 41.1 Å². The third-order valence-electron chi connectivity index (χ3n) is 4.91. The van der Waals surface area contributed by atoms with E-state index in [0.717, 1.165) is 66.9 Å². The highest BCUT2D eigenvalue weighted by atomic mass is 15.4. The van der Waals surface area contributed by atoms with Crippen molar-refractivity contribution < 1.29 is 0 Å². The van der Waals surface area contributed by atoms with Crippen LogP contribution in [-0.2, 0) is 6.54 Å². The summed E-state index contributed by atoms with van der Waals surface area (Å²) in [4.78, 5) is 12.8. The molecular formula is C18H20N8. The number of nitrogens with one attached hydrogen (secondary N) is 1. The summed E-state index contributed by atoms with van der Waals surface area (Å²) in [7, 11) is 0. The molecular weight excluding hydrogens is 328 g/mol. The number of piperazine rings is 1. The number of hydrogen-bond donors (Lipinski definition) is 1. The van der Waals surface area contributed by atoms with Crippen LogP contribution in [-0.4, -0.2) is 60.9 Å². The van der Waals surface area contributed by atoms with E-state index in [1.165, 1.54) is 0 Å². The first-order valence-corrected chi connectivity index (χ1v) is 8.86. The Labute approximate surface area is 150 Å². The number of H-pyrrole nitrogens is 1. The van der Waals surface area contributed by atoms with Crippen molar-refractivity contribution in [2.75, 3.05) is 31.1 Å². The lowest BCUT2D eigenvalue weighted by Gasteiger charge is -2.34. The van der Waals surface area contributed by atoms with Crippen LogP contribution in [0.3, 0.4) is 0 Å². The van der Waals surface area contributed by atoms with Crippen molar-refractivity contribution in [2.45, 2.75) is 13.5 Å². The van der Waals surface area contributed by atoms with Gasteiger partial charge in [0, 0.05) is 26.2 Å². The second-order valence-corrected chi connectivity index (χ2v) is 6.67. The van der Waals surface area contributed by atoms with E-state index >= 15 is 0 Å². The first-order chi connectivity index (χ1) is 12.8. The molecule has 1 aliphatic heterocycles. The molecule has 132 valence electrons. The zero-order valence-corrected chi connectivity index (χ0v) is 14.6. The Morgan fingerprint density at radius 3 is 2.69 bits per heavy atom. The lowest BCUT2D eigenvalue weighted by Crippen LogP contribution is -2.46. The molecule has 0 saturated carbocycles. The monoisotopic (exact) mass is 348 g/mol. The van der Waals surface area contributed by atoms with Crippen LogP contribution in [0.25, 0.3) is 16.7 Å². The molecule has 26 heavy (non-hydrogen) atoms. The van der Waals surface area contributed by atoms with Crippen LogP contribution in [0, 0.1) is 6.92 Å². The lowest BCUT2D eigenvalue weighted by molar-refractivity contribution is 0.244. The second-order valence-electron chi connectivity index (χ2n) is 6.67. The number of hydrogen-bond acceptors (Lipinski definition) is 6. The fourth-order valence-corrected chi connectivity index (χ4v) is 3.48. The summed E-state index contributed by atoms with van der Waals surface area (Å²) in [5.41, 5.74) is 2.92. The van der Waals surface area contributed by atoms with Crippen molar-refractivity contribution in [1.82, 2.24) is 34.7 Å². The predicted octanol–water partition coefficient (Wildman–Crippen LogP) is 1.63. The van der Waals surface area contributed by atoms with Gasteiger partial charge in [0.05, 0.1) is 17.6 Å². The first-order valence-electron chi connectivity index (χ1n) is 8.86. The van der Waals surface area contributed by atoms with E-state index in [-0.39, 0.29) is 0 Å². The average molecular weight is 348 g/mol. The molecule has 0 radical (unpaired) electrons. The molecule has 0 amide bonds. The van der Waals surface area contributed by atoms with Crippen LogP contribution in [0.4, 0.5) is 5.82 Å². The van der Waals surface area contributed by atoms with Crippen molar-refractivity contribution in [1.29, 1.82) is 0 Å². The van der Waals surface area contributed by atoms with Gasteiger partial charge in [-0.25, -0.2) is 4.98 Å². The van der Waals surface area contributed by atoms with E-state index in [1.54, 1.807) is 4.52 Å². The quantitative estimate of drug-likeness (QED) is 0.606. The van der Waals surface area contributed by atoms with E-state index < -0.39 is 0 Å². The highest BCUT2D eigenvalue weighted by Gasteiger charge is 2.20. The van der Waals surface area contributed by atoms with Gasteiger partial charge in [-0.2, -0.15) is 4.52 Å². The number of benzene rings is 1. The van der Waals surface area contributed by atoms with Crippen LogP contribution in [0.1, 0.15) is 11.6 Å². The van der Waals surface area contributed by atoms with E-state index in [0.29, 0.717) is 0 Å². The predicted molar refractivity (Wildman–Crippen MR) is 99.1 cm³/mol. The summed E-state index contributed by atoms with van der Waals surface area (Å²) in [6.07, 6.45) is 0. The molecule has 8 heteroatoms. The minimum absolute atomic E-state index is 0.787. The molecule has 0 aliphatic carbocycles. The Hall–Kier alpha value is -3.00. The number of aromatic amines is 1. The summed E-state index contributed by atoms with van der Waals surface area (Å²) in [5, 5.41) is 12.8. The van der Waals surface area contributed by atoms with Gasteiger partial charge in [-0.3, -0.25) is 4.90 Å². The van der Waals surface area contributed by atoms with Crippen LogP contribution < -0.4 is 4.90 Å². The second kappa shape index (κ2) is 6.06. The molecule has 4 heterocycles. The molecule has 8 nitrogen and oxygen atoms in total. The maximum Gasteiger partial charge on any atom is 0.178 e. The maximum absolute atomic E-state index is 4.68. The van der Waals surface area contributed by atoms with Gasteiger partial charge in [0.15, 0.2) is 11.5 Å². The van der Waals surface area contributed by atoms with Crippen LogP contribution >= 0.6 is 0 Å². The fourth-order valence-electron chi connectivity index (χ4n) is 3.48. The van der Waals surface area contributed by atoms with Gasteiger partial charge < -0.3 is 9.88 Å². The highest BCUT2D eigenvalue weighted by Crippen LogP contribution is 2.17. The smallest absolute Gasteiger partial charge is 0.178 e. The maximum atomic E-state index is 4.68. The molecule has 1 fully saturated rings. The third kappa shape index (κ3) is 2.68. The number of fused-ring (bicyclic) bond motifs is 2. The first kappa shape index (κ1) is 15.3. The van der Waals surface area contributed by atoms with Gasteiger partial charge in [-0.15, -0.1) is 15.3 Å². The van der Waals surface area contributed by atoms with E-state index in [9.17, 15) is 0 Å². The number of aryl methyl sites for hydroxylation is 1. The molecule has 0 spiro atoms. The van der Waals surface area contributed by atoms with Crippen LogP contribution in [0.15, 0.2) is 36.4 Å². The number of nitrogens with zero attached hydrogens (tertiary/aromatic N) is 7. The van der Waals surface area contributed by atoms with Crippen LogP contribution in [0.2, 0.25) is 0 Å². The third-order valence-corrected chi connectivity index (χ3v) is 4.91. The van der Waals surface area contributed by atoms with Crippen molar-refractivity contribution in [3.05, 3.63) is 48.0 Å². The Morgan fingerprint density at radius 1 is 1.00 bits per heavy atom. The Bertz CT molecular complexity index is 1020. The number of imidazole rings is 1. The summed E-state index contributed by atoms with van der Waals surface area (Å²) >= 11 is 0. The van der Waals surface area contributed by atoms with E-state index in [4.69, 9.17) is 0 Å². The van der Waals surface area contributed by atoms with Crippen molar-refractivity contribution >= 4 is 22.5 Å². The summed E-state index contributed by atoms with van der Waals surface area (Å²) < 4.78 is 1.80. The zero-order chi connectivity index (χ0) is 17.5. The van der Waals surface area contributed by atoms with Crippen molar-refractivity contribution in [2.24, 2.45) is 0 Å². The van der Waals surface area contributed by atoms with Gasteiger partial charge in [0.2, 0.25) is 0 Å². The molecule has 3 aromatic heterocycles. The zero-order valence-electron chi connectivity index (χ0n) is 14.6. The molecule has 0 atom stereocenters. The molecule has 1 N–H and O–H groups in total. The lowest BCUT2D eigenvalue weighted by atomic mass is 10.3. The van der Waals surface area contributed by atoms with Crippen molar-refractivity contribution in [3.8, 4) is 0 Å². The Kier molecular flexibility index (Phi) is 3.56. The molecule has 0 bridgehead atoms. The molecule has 1 aromatic carbocycles.